The fourth-order valence-corrected chi connectivity index (χ4v) is 2.98. The van der Waals surface area contributed by atoms with Gasteiger partial charge < -0.3 is 13.7 Å². The molecule has 0 saturated heterocycles. The molecule has 0 saturated carbocycles. The van der Waals surface area contributed by atoms with Gasteiger partial charge in [-0.1, -0.05) is 46.7 Å². The summed E-state index contributed by atoms with van der Waals surface area (Å²) in [4.78, 5) is 4.41. The van der Waals surface area contributed by atoms with Gasteiger partial charge in [0.1, 0.15) is 5.75 Å². The molecule has 7 nitrogen and oxygen atoms in total. The number of nitrogens with zero attached hydrogens (tertiary/aromatic N) is 4. The molecule has 27 heavy (non-hydrogen) atoms. The van der Waals surface area contributed by atoms with E-state index in [4.69, 9.17) is 13.7 Å². The summed E-state index contributed by atoms with van der Waals surface area (Å²) in [6, 6.07) is 15.4. The minimum Gasteiger partial charge on any atom is -0.497 e. The Kier molecular flexibility index (Phi) is 4.88. The van der Waals surface area contributed by atoms with Gasteiger partial charge in [0.25, 0.3) is 5.22 Å². The maximum atomic E-state index is 5.68. The first-order valence-corrected chi connectivity index (χ1v) is 9.20. The summed E-state index contributed by atoms with van der Waals surface area (Å²) in [6.45, 7) is 2.03. The average molecular weight is 380 g/mol. The SMILES string of the molecule is COc1ccc(-c2nnc(SCc3nc(-c4ccc(C)cc4)no3)o2)cc1. The third kappa shape index (κ3) is 4.01. The van der Waals surface area contributed by atoms with Crippen molar-refractivity contribution < 1.29 is 13.7 Å². The van der Waals surface area contributed by atoms with E-state index in [9.17, 15) is 0 Å². The van der Waals surface area contributed by atoms with Gasteiger partial charge in [-0.05, 0) is 31.2 Å². The zero-order valence-corrected chi connectivity index (χ0v) is 15.6. The minimum atomic E-state index is 0.441. The molecule has 136 valence electrons. The van der Waals surface area contributed by atoms with Gasteiger partial charge in [-0.25, -0.2) is 0 Å². The zero-order chi connectivity index (χ0) is 18.6. The van der Waals surface area contributed by atoms with Crippen LogP contribution in [0.5, 0.6) is 5.75 Å². The highest BCUT2D eigenvalue weighted by molar-refractivity contribution is 7.98. The second-order valence-corrected chi connectivity index (χ2v) is 6.69. The molecule has 0 amide bonds. The minimum absolute atomic E-state index is 0.441. The highest BCUT2D eigenvalue weighted by Crippen LogP contribution is 2.27. The molecule has 4 aromatic rings. The Bertz CT molecular complexity index is 1030. The second kappa shape index (κ2) is 7.63. The number of hydrogen-bond acceptors (Lipinski definition) is 8. The predicted octanol–water partition coefficient (Wildman–Crippen LogP) is 4.40. The quantitative estimate of drug-likeness (QED) is 0.455. The van der Waals surface area contributed by atoms with Gasteiger partial charge in [-0.15, -0.1) is 10.2 Å². The van der Waals surface area contributed by atoms with Crippen LogP contribution < -0.4 is 4.74 Å². The molecule has 0 fully saturated rings. The van der Waals surface area contributed by atoms with Crippen LogP contribution in [0.1, 0.15) is 11.5 Å². The monoisotopic (exact) mass is 380 g/mol. The molecule has 0 spiro atoms. The molecule has 4 rings (SSSR count). The molecule has 8 heteroatoms. The third-order valence-electron chi connectivity index (χ3n) is 3.84. The summed E-state index contributed by atoms with van der Waals surface area (Å²) in [5, 5.41) is 12.6. The Morgan fingerprint density at radius 1 is 0.963 bits per heavy atom. The van der Waals surface area contributed by atoms with E-state index in [0.29, 0.717) is 28.6 Å². The number of rotatable bonds is 6. The highest BCUT2D eigenvalue weighted by Gasteiger charge is 2.13. The predicted molar refractivity (Wildman–Crippen MR) is 100 cm³/mol. The lowest BCUT2D eigenvalue weighted by atomic mass is 10.1. The van der Waals surface area contributed by atoms with Crippen molar-refractivity contribution in [3.63, 3.8) is 0 Å². The lowest BCUT2D eigenvalue weighted by Crippen LogP contribution is -1.83. The second-order valence-electron chi connectivity index (χ2n) is 5.77. The highest BCUT2D eigenvalue weighted by atomic mass is 32.2. The summed E-state index contributed by atoms with van der Waals surface area (Å²) >= 11 is 1.35. The standard InChI is InChI=1S/C19H16N4O3S/c1-12-3-5-13(6-4-12)17-20-16(26-23-17)11-27-19-22-21-18(25-19)14-7-9-15(24-2)10-8-14/h3-10H,11H2,1-2H3. The zero-order valence-electron chi connectivity index (χ0n) is 14.7. The largest absolute Gasteiger partial charge is 0.497 e. The van der Waals surface area contributed by atoms with Gasteiger partial charge in [0, 0.05) is 11.1 Å². The molecule has 2 aromatic carbocycles. The first kappa shape index (κ1) is 17.3. The number of ether oxygens (including phenoxy) is 1. The molecule has 0 unspecified atom stereocenters. The maximum Gasteiger partial charge on any atom is 0.277 e. The van der Waals surface area contributed by atoms with Crippen LogP contribution in [-0.4, -0.2) is 27.4 Å². The molecule has 2 aromatic heterocycles. The molecule has 0 aliphatic heterocycles. The van der Waals surface area contributed by atoms with Crippen molar-refractivity contribution in [1.82, 2.24) is 20.3 Å². The van der Waals surface area contributed by atoms with E-state index in [-0.39, 0.29) is 0 Å². The smallest absolute Gasteiger partial charge is 0.277 e. The maximum absolute atomic E-state index is 5.68. The van der Waals surface area contributed by atoms with Crippen LogP contribution in [0.3, 0.4) is 0 Å². The molecule has 2 heterocycles. The Morgan fingerprint density at radius 3 is 2.44 bits per heavy atom. The molecular weight excluding hydrogens is 364 g/mol. The van der Waals surface area contributed by atoms with Crippen molar-refractivity contribution in [2.75, 3.05) is 7.11 Å². The summed E-state index contributed by atoms with van der Waals surface area (Å²) in [7, 11) is 1.62. The Morgan fingerprint density at radius 2 is 1.70 bits per heavy atom. The van der Waals surface area contributed by atoms with Crippen LogP contribution in [0.4, 0.5) is 0 Å². The lowest BCUT2D eigenvalue weighted by molar-refractivity contribution is 0.391. The van der Waals surface area contributed by atoms with Crippen molar-refractivity contribution >= 4 is 11.8 Å². The molecule has 0 aliphatic rings. The van der Waals surface area contributed by atoms with Gasteiger partial charge in [-0.2, -0.15) is 4.98 Å². The average Bonchev–Trinajstić information content (AvgIpc) is 3.37. The van der Waals surface area contributed by atoms with Gasteiger partial charge >= 0.3 is 0 Å². The van der Waals surface area contributed by atoms with Crippen LogP contribution in [0, 0.1) is 6.92 Å². The molecular formula is C19H16N4O3S. The van der Waals surface area contributed by atoms with Crippen LogP contribution in [-0.2, 0) is 5.75 Å². The first-order chi connectivity index (χ1) is 13.2. The number of thioether (sulfide) groups is 1. The van der Waals surface area contributed by atoms with Crippen LogP contribution in [0.25, 0.3) is 22.8 Å². The number of methoxy groups -OCH3 is 1. The van der Waals surface area contributed by atoms with E-state index in [2.05, 4.69) is 20.3 Å². The molecule has 0 atom stereocenters. The summed E-state index contributed by atoms with van der Waals surface area (Å²) in [5.41, 5.74) is 2.93. The van der Waals surface area contributed by atoms with E-state index >= 15 is 0 Å². The number of benzene rings is 2. The Balaban J connectivity index is 1.40. The van der Waals surface area contributed by atoms with Crippen LogP contribution in [0.15, 0.2) is 62.7 Å². The van der Waals surface area contributed by atoms with Gasteiger partial charge in [0.05, 0.1) is 12.9 Å². The molecule has 0 aliphatic carbocycles. The van der Waals surface area contributed by atoms with E-state index in [1.807, 2.05) is 55.5 Å². The fourth-order valence-electron chi connectivity index (χ4n) is 2.38. The summed E-state index contributed by atoms with van der Waals surface area (Å²) in [5.74, 6) is 2.73. The Labute approximate surface area is 159 Å². The van der Waals surface area contributed by atoms with Crippen molar-refractivity contribution in [3.8, 4) is 28.6 Å². The van der Waals surface area contributed by atoms with E-state index in [1.54, 1.807) is 7.11 Å². The van der Waals surface area contributed by atoms with Gasteiger partial charge in [0.15, 0.2) is 0 Å². The van der Waals surface area contributed by atoms with Gasteiger partial charge in [0.2, 0.25) is 17.6 Å². The summed E-state index contributed by atoms with van der Waals surface area (Å²) in [6.07, 6.45) is 0. The van der Waals surface area contributed by atoms with E-state index < -0.39 is 0 Å². The van der Waals surface area contributed by atoms with E-state index in [0.717, 1.165) is 16.9 Å². The van der Waals surface area contributed by atoms with Crippen LogP contribution in [0.2, 0.25) is 0 Å². The first-order valence-electron chi connectivity index (χ1n) is 8.21. The number of aromatic nitrogens is 4. The molecule has 0 N–H and O–H groups in total. The molecule has 0 radical (unpaired) electrons. The normalized spacial score (nSPS) is 10.9. The Hall–Kier alpha value is -3.13. The number of hydrogen-bond donors (Lipinski definition) is 0. The summed E-state index contributed by atoms with van der Waals surface area (Å²) < 4.78 is 16.1. The number of aryl methyl sites for hydroxylation is 1. The van der Waals surface area contributed by atoms with Gasteiger partial charge in [-0.3, -0.25) is 0 Å². The topological polar surface area (TPSA) is 87.1 Å². The third-order valence-corrected chi connectivity index (χ3v) is 4.64. The van der Waals surface area contributed by atoms with Crippen molar-refractivity contribution in [2.24, 2.45) is 0 Å². The fraction of sp³-hybridized carbons (Fsp3) is 0.158. The van der Waals surface area contributed by atoms with Crippen molar-refractivity contribution in [2.45, 2.75) is 17.9 Å². The van der Waals surface area contributed by atoms with E-state index in [1.165, 1.54) is 17.3 Å². The lowest BCUT2D eigenvalue weighted by Gasteiger charge is -1.99. The molecule has 0 bridgehead atoms. The van der Waals surface area contributed by atoms with Crippen LogP contribution >= 0.6 is 11.8 Å². The van der Waals surface area contributed by atoms with Crippen molar-refractivity contribution in [3.05, 3.63) is 60.0 Å². The van der Waals surface area contributed by atoms with Crippen molar-refractivity contribution in [1.29, 1.82) is 0 Å².